The first kappa shape index (κ1) is 27.1. The fourth-order valence-corrected chi connectivity index (χ4v) is 6.62. The van der Waals surface area contributed by atoms with Crippen LogP contribution in [-0.2, 0) is 30.6 Å². The summed E-state index contributed by atoms with van der Waals surface area (Å²) in [5.41, 5.74) is 1.87. The van der Waals surface area contributed by atoms with Gasteiger partial charge in [0.1, 0.15) is 5.75 Å². The van der Waals surface area contributed by atoms with Gasteiger partial charge in [-0.15, -0.1) is 0 Å². The van der Waals surface area contributed by atoms with Crippen LogP contribution in [0.2, 0.25) is 0 Å². The van der Waals surface area contributed by atoms with Crippen LogP contribution in [0, 0.1) is 6.92 Å². The number of nitrogens with zero attached hydrogens (tertiary/aromatic N) is 3. The van der Waals surface area contributed by atoms with Crippen LogP contribution < -0.4 is 19.1 Å². The lowest BCUT2D eigenvalue weighted by Gasteiger charge is -2.34. The molecule has 2 heterocycles. The number of hydrogen-bond acceptors (Lipinski definition) is 8. The van der Waals surface area contributed by atoms with Crippen LogP contribution in [0.1, 0.15) is 11.3 Å². The Morgan fingerprint density at radius 2 is 1.65 bits per heavy atom. The fourth-order valence-electron chi connectivity index (χ4n) is 4.08. The maximum Gasteiger partial charge on any atom is 0.267 e. The first-order valence-corrected chi connectivity index (χ1v) is 15.2. The molecular formula is C27H25N5O6S2. The lowest BCUT2D eigenvalue weighted by atomic mass is 10.2. The number of aromatic nitrogens is 2. The maximum atomic E-state index is 13.4. The van der Waals surface area contributed by atoms with Crippen LogP contribution in [0.25, 0.3) is 0 Å². The van der Waals surface area contributed by atoms with Crippen molar-refractivity contribution >= 4 is 43.3 Å². The van der Waals surface area contributed by atoms with Crippen molar-refractivity contribution in [3.8, 4) is 5.75 Å². The minimum Gasteiger partial charge on any atom is -0.476 e. The molecule has 0 aliphatic carbocycles. The van der Waals surface area contributed by atoms with Crippen molar-refractivity contribution in [1.82, 2.24) is 9.97 Å². The Bertz CT molecular complexity index is 1750. The number of sulfonamides is 2. The van der Waals surface area contributed by atoms with Crippen LogP contribution in [0.5, 0.6) is 5.75 Å². The van der Waals surface area contributed by atoms with Gasteiger partial charge in [-0.2, -0.15) is 0 Å². The predicted octanol–water partition coefficient (Wildman–Crippen LogP) is 3.32. The highest BCUT2D eigenvalue weighted by atomic mass is 32.2. The van der Waals surface area contributed by atoms with Crippen molar-refractivity contribution in [2.75, 3.05) is 20.9 Å². The van der Waals surface area contributed by atoms with Gasteiger partial charge < -0.3 is 10.1 Å². The topological polar surface area (TPSA) is 148 Å². The summed E-state index contributed by atoms with van der Waals surface area (Å²) in [4.78, 5) is 21.0. The van der Waals surface area contributed by atoms with Crippen molar-refractivity contribution in [1.29, 1.82) is 0 Å². The number of para-hydroxylation sites is 2. The molecule has 0 saturated heterocycles. The number of aryl methyl sites for hydroxylation is 1. The quantitative estimate of drug-likeness (QED) is 0.323. The number of fused-ring (bicyclic) bond motifs is 1. The van der Waals surface area contributed by atoms with Gasteiger partial charge >= 0.3 is 0 Å². The van der Waals surface area contributed by atoms with Gasteiger partial charge in [0.2, 0.25) is 16.0 Å². The SMILES string of the molecule is Cc1ccnc(NS(=O)(=O)c2ccc(NC(=O)[C@H]3CN(S(=O)(=O)Cc4ccccc4)c4ccccc4O3)cc2)n1. The summed E-state index contributed by atoms with van der Waals surface area (Å²) in [6.45, 7) is 1.48. The lowest BCUT2D eigenvalue weighted by Crippen LogP contribution is -2.49. The van der Waals surface area contributed by atoms with E-state index in [0.29, 0.717) is 22.6 Å². The molecule has 1 amide bonds. The highest BCUT2D eigenvalue weighted by molar-refractivity contribution is 7.92. The number of hydrogen-bond donors (Lipinski definition) is 2. The minimum absolute atomic E-state index is 0.0566. The molecule has 0 bridgehead atoms. The molecule has 0 fully saturated rings. The monoisotopic (exact) mass is 579 g/mol. The molecule has 2 N–H and O–H groups in total. The van der Waals surface area contributed by atoms with Crippen LogP contribution in [0.4, 0.5) is 17.3 Å². The fraction of sp³-hybridized carbons (Fsp3) is 0.148. The number of benzene rings is 3. The number of rotatable bonds is 8. The van der Waals surface area contributed by atoms with E-state index in [1.807, 2.05) is 0 Å². The van der Waals surface area contributed by atoms with Crippen LogP contribution in [-0.4, -0.2) is 45.4 Å². The van der Waals surface area contributed by atoms with Gasteiger partial charge in [-0.3, -0.25) is 9.10 Å². The third kappa shape index (κ3) is 6.05. The van der Waals surface area contributed by atoms with Gasteiger partial charge in [0.15, 0.2) is 6.10 Å². The van der Waals surface area contributed by atoms with Crippen molar-refractivity contribution < 1.29 is 26.4 Å². The summed E-state index contributed by atoms with van der Waals surface area (Å²) in [5, 5.41) is 2.67. The second-order valence-electron chi connectivity index (χ2n) is 8.99. The molecule has 0 saturated carbocycles. The van der Waals surface area contributed by atoms with E-state index >= 15 is 0 Å². The molecule has 4 aromatic rings. The molecular weight excluding hydrogens is 554 g/mol. The normalized spacial score (nSPS) is 15.0. The standard InChI is InChI=1S/C27H25N5O6S2/c1-19-15-16-28-27(29-19)31-40(36,37)22-13-11-21(12-14-22)30-26(33)25-17-32(23-9-5-6-10-24(23)38-25)39(34,35)18-20-7-3-2-4-8-20/h2-16,25H,17-18H2,1H3,(H,30,33)(H,28,29,31)/t25-/m1/s1. The predicted molar refractivity (Wildman–Crippen MR) is 150 cm³/mol. The summed E-state index contributed by atoms with van der Waals surface area (Å²) in [6.07, 6.45) is 0.294. The van der Waals surface area contributed by atoms with Gasteiger partial charge in [0.25, 0.3) is 15.9 Å². The molecule has 0 unspecified atom stereocenters. The molecule has 5 rings (SSSR count). The zero-order chi connectivity index (χ0) is 28.3. The van der Waals surface area contributed by atoms with Gasteiger partial charge in [-0.05, 0) is 55.0 Å². The molecule has 1 aliphatic heterocycles. The Kier molecular flexibility index (Phi) is 7.41. The van der Waals surface area contributed by atoms with Gasteiger partial charge in [-0.1, -0.05) is 42.5 Å². The molecule has 0 radical (unpaired) electrons. The van der Waals surface area contributed by atoms with Crippen molar-refractivity contribution in [3.05, 3.63) is 102 Å². The Morgan fingerprint density at radius 3 is 2.38 bits per heavy atom. The van der Waals surface area contributed by atoms with Gasteiger partial charge in [0, 0.05) is 17.6 Å². The molecule has 1 aliphatic rings. The summed E-state index contributed by atoms with van der Waals surface area (Å²) in [5.74, 6) is -0.625. The Balaban J connectivity index is 1.31. The Labute approximate surface area is 232 Å². The first-order valence-electron chi connectivity index (χ1n) is 12.1. The molecule has 1 atom stereocenters. The van der Waals surface area contributed by atoms with E-state index in [-0.39, 0.29) is 28.9 Å². The number of nitrogens with one attached hydrogen (secondary N) is 2. The smallest absolute Gasteiger partial charge is 0.267 e. The highest BCUT2D eigenvalue weighted by Gasteiger charge is 2.36. The molecule has 206 valence electrons. The van der Waals surface area contributed by atoms with E-state index in [1.165, 1.54) is 34.8 Å². The molecule has 0 spiro atoms. The van der Waals surface area contributed by atoms with E-state index < -0.39 is 32.1 Å². The Hall–Kier alpha value is -4.49. The van der Waals surface area contributed by atoms with Crippen LogP contribution in [0.3, 0.4) is 0 Å². The van der Waals surface area contributed by atoms with Crippen LogP contribution >= 0.6 is 0 Å². The average molecular weight is 580 g/mol. The van der Waals surface area contributed by atoms with E-state index in [1.54, 1.807) is 67.6 Å². The summed E-state index contributed by atoms with van der Waals surface area (Å²) < 4.78 is 61.6. The van der Waals surface area contributed by atoms with Crippen molar-refractivity contribution in [2.45, 2.75) is 23.7 Å². The highest BCUT2D eigenvalue weighted by Crippen LogP contribution is 2.36. The number of carbonyl (C=O) groups is 1. The van der Waals surface area contributed by atoms with Gasteiger partial charge in [0.05, 0.1) is 22.9 Å². The molecule has 11 nitrogen and oxygen atoms in total. The van der Waals surface area contributed by atoms with Crippen molar-refractivity contribution in [2.24, 2.45) is 0 Å². The third-order valence-electron chi connectivity index (χ3n) is 6.01. The van der Waals surface area contributed by atoms with E-state index in [0.717, 1.165) is 0 Å². The minimum atomic E-state index is -3.96. The number of amides is 1. The number of anilines is 3. The van der Waals surface area contributed by atoms with E-state index in [4.69, 9.17) is 4.74 Å². The summed E-state index contributed by atoms with van der Waals surface area (Å²) in [6, 6.07) is 22.5. The second-order valence-corrected chi connectivity index (χ2v) is 12.6. The second kappa shape index (κ2) is 10.9. The average Bonchev–Trinajstić information content (AvgIpc) is 2.93. The summed E-state index contributed by atoms with van der Waals surface area (Å²) >= 11 is 0. The zero-order valence-corrected chi connectivity index (χ0v) is 22.9. The van der Waals surface area contributed by atoms with Gasteiger partial charge in [-0.25, -0.2) is 31.5 Å². The lowest BCUT2D eigenvalue weighted by molar-refractivity contribution is -0.122. The number of ether oxygens (including phenoxy) is 1. The first-order chi connectivity index (χ1) is 19.1. The summed E-state index contributed by atoms with van der Waals surface area (Å²) in [7, 11) is -7.81. The Morgan fingerprint density at radius 1 is 0.950 bits per heavy atom. The zero-order valence-electron chi connectivity index (χ0n) is 21.3. The number of carbonyl (C=O) groups excluding carboxylic acids is 1. The van der Waals surface area contributed by atoms with E-state index in [9.17, 15) is 21.6 Å². The molecule has 1 aromatic heterocycles. The largest absolute Gasteiger partial charge is 0.476 e. The molecule has 3 aromatic carbocycles. The maximum absolute atomic E-state index is 13.4. The van der Waals surface area contributed by atoms with Crippen LogP contribution in [0.15, 0.2) is 96.0 Å². The van der Waals surface area contributed by atoms with Crippen molar-refractivity contribution in [3.63, 3.8) is 0 Å². The molecule has 40 heavy (non-hydrogen) atoms. The van der Waals surface area contributed by atoms with E-state index in [2.05, 4.69) is 20.0 Å². The third-order valence-corrected chi connectivity index (χ3v) is 9.07. The molecule has 13 heteroatoms.